The molecule has 1 amide bonds. The van der Waals surface area contributed by atoms with E-state index in [0.717, 1.165) is 22.4 Å². The van der Waals surface area contributed by atoms with Gasteiger partial charge in [0.05, 0.1) is 30.1 Å². The standard InChI is InChI=1S/C21H16ClFN2O3/c1-27-20-9-14-13-4-2-3-5-18(13)28-19(14)10-17(20)24-11-21(26)25-16-7-6-12(23)8-15(16)22/h2-10,24H,11H2,1H3,(H,25,26). The zero-order valence-electron chi connectivity index (χ0n) is 14.9. The van der Waals surface area contributed by atoms with E-state index in [0.29, 0.717) is 22.7 Å². The third-order valence-corrected chi connectivity index (χ3v) is 4.66. The number of rotatable bonds is 5. The summed E-state index contributed by atoms with van der Waals surface area (Å²) in [7, 11) is 1.56. The molecule has 0 unspecified atom stereocenters. The van der Waals surface area contributed by atoms with Crippen molar-refractivity contribution in [3.8, 4) is 5.75 Å². The molecule has 1 heterocycles. The summed E-state index contributed by atoms with van der Waals surface area (Å²) in [5.74, 6) is -0.211. The first kappa shape index (κ1) is 18.1. The second kappa shape index (κ2) is 7.40. The van der Waals surface area contributed by atoms with Gasteiger partial charge in [-0.1, -0.05) is 29.8 Å². The van der Waals surface area contributed by atoms with E-state index < -0.39 is 5.82 Å². The summed E-state index contributed by atoms with van der Waals surface area (Å²) in [5, 5.41) is 7.73. The number of ether oxygens (including phenoxy) is 1. The fourth-order valence-electron chi connectivity index (χ4n) is 3.02. The number of furan rings is 1. The van der Waals surface area contributed by atoms with Gasteiger partial charge in [-0.25, -0.2) is 4.39 Å². The van der Waals surface area contributed by atoms with Crippen LogP contribution in [0.4, 0.5) is 15.8 Å². The molecule has 2 N–H and O–H groups in total. The van der Waals surface area contributed by atoms with Crippen molar-refractivity contribution in [3.63, 3.8) is 0 Å². The van der Waals surface area contributed by atoms with Crippen LogP contribution in [0.3, 0.4) is 0 Å². The number of carbonyl (C=O) groups is 1. The number of halogens is 2. The van der Waals surface area contributed by atoms with Gasteiger partial charge in [0, 0.05) is 16.8 Å². The maximum absolute atomic E-state index is 13.1. The van der Waals surface area contributed by atoms with E-state index in [9.17, 15) is 9.18 Å². The van der Waals surface area contributed by atoms with Crippen molar-refractivity contribution in [2.24, 2.45) is 0 Å². The number of carbonyl (C=O) groups excluding carboxylic acids is 1. The molecule has 0 saturated heterocycles. The number of anilines is 2. The van der Waals surface area contributed by atoms with Crippen molar-refractivity contribution in [3.05, 3.63) is 65.4 Å². The lowest BCUT2D eigenvalue weighted by Gasteiger charge is -2.12. The van der Waals surface area contributed by atoms with E-state index in [1.165, 1.54) is 12.1 Å². The Morgan fingerprint density at radius 3 is 2.68 bits per heavy atom. The van der Waals surface area contributed by atoms with Crippen LogP contribution in [0.25, 0.3) is 21.9 Å². The molecule has 28 heavy (non-hydrogen) atoms. The summed E-state index contributed by atoms with van der Waals surface area (Å²) < 4.78 is 24.4. The lowest BCUT2D eigenvalue weighted by atomic mass is 10.1. The Morgan fingerprint density at radius 2 is 1.89 bits per heavy atom. The Hall–Kier alpha value is -3.25. The lowest BCUT2D eigenvalue weighted by molar-refractivity contribution is -0.114. The van der Waals surface area contributed by atoms with Crippen LogP contribution in [0.2, 0.25) is 5.02 Å². The highest BCUT2D eigenvalue weighted by Crippen LogP contribution is 2.36. The molecule has 0 aliphatic carbocycles. The Kier molecular flexibility index (Phi) is 4.79. The van der Waals surface area contributed by atoms with Crippen molar-refractivity contribution >= 4 is 50.8 Å². The highest BCUT2D eigenvalue weighted by atomic mass is 35.5. The third-order valence-electron chi connectivity index (χ3n) is 4.34. The molecule has 0 saturated carbocycles. The number of methoxy groups -OCH3 is 1. The van der Waals surface area contributed by atoms with Crippen molar-refractivity contribution in [1.29, 1.82) is 0 Å². The molecular formula is C21H16ClFN2O3. The maximum atomic E-state index is 13.1. The highest BCUT2D eigenvalue weighted by molar-refractivity contribution is 6.33. The van der Waals surface area contributed by atoms with Crippen LogP contribution in [0.15, 0.2) is 59.0 Å². The molecule has 7 heteroatoms. The number of para-hydroxylation sites is 1. The topological polar surface area (TPSA) is 63.5 Å². The predicted molar refractivity (Wildman–Crippen MR) is 109 cm³/mol. The second-order valence-electron chi connectivity index (χ2n) is 6.17. The van der Waals surface area contributed by atoms with Crippen LogP contribution in [0.5, 0.6) is 5.75 Å². The normalized spacial score (nSPS) is 11.0. The van der Waals surface area contributed by atoms with Crippen LogP contribution in [-0.4, -0.2) is 19.6 Å². The van der Waals surface area contributed by atoms with E-state index in [1.807, 2.05) is 30.3 Å². The zero-order chi connectivity index (χ0) is 19.7. The minimum absolute atomic E-state index is 0.0319. The number of nitrogens with one attached hydrogen (secondary N) is 2. The first-order valence-electron chi connectivity index (χ1n) is 8.53. The smallest absolute Gasteiger partial charge is 0.243 e. The van der Waals surface area contributed by atoms with Crippen LogP contribution in [-0.2, 0) is 4.79 Å². The summed E-state index contributed by atoms with van der Waals surface area (Å²) in [5.41, 5.74) is 2.43. The molecule has 142 valence electrons. The summed E-state index contributed by atoms with van der Waals surface area (Å²) >= 11 is 5.93. The van der Waals surface area contributed by atoms with Gasteiger partial charge >= 0.3 is 0 Å². The summed E-state index contributed by atoms with van der Waals surface area (Å²) in [6.07, 6.45) is 0. The zero-order valence-corrected chi connectivity index (χ0v) is 15.6. The summed E-state index contributed by atoms with van der Waals surface area (Å²) in [6.45, 7) is -0.0319. The van der Waals surface area contributed by atoms with Gasteiger partial charge in [0.1, 0.15) is 22.7 Å². The molecule has 0 fully saturated rings. The molecule has 4 aromatic rings. The summed E-state index contributed by atoms with van der Waals surface area (Å²) in [6, 6.07) is 15.2. The first-order valence-corrected chi connectivity index (χ1v) is 8.91. The second-order valence-corrected chi connectivity index (χ2v) is 6.58. The van der Waals surface area contributed by atoms with Crippen LogP contribution >= 0.6 is 11.6 Å². The first-order chi connectivity index (χ1) is 13.5. The van der Waals surface area contributed by atoms with Crippen molar-refractivity contribution < 1.29 is 18.3 Å². The average molecular weight is 399 g/mol. The van der Waals surface area contributed by atoms with Crippen LogP contribution < -0.4 is 15.4 Å². The quantitative estimate of drug-likeness (QED) is 0.470. The molecule has 0 spiro atoms. The molecular weight excluding hydrogens is 383 g/mol. The third kappa shape index (κ3) is 3.46. The van der Waals surface area contributed by atoms with E-state index in [1.54, 1.807) is 13.2 Å². The lowest BCUT2D eigenvalue weighted by Crippen LogP contribution is -2.22. The van der Waals surface area contributed by atoms with E-state index in [-0.39, 0.29) is 17.5 Å². The van der Waals surface area contributed by atoms with Gasteiger partial charge in [0.25, 0.3) is 0 Å². The maximum Gasteiger partial charge on any atom is 0.243 e. The molecule has 4 rings (SSSR count). The van der Waals surface area contributed by atoms with Crippen LogP contribution in [0, 0.1) is 5.82 Å². The van der Waals surface area contributed by atoms with Gasteiger partial charge in [-0.15, -0.1) is 0 Å². The van der Waals surface area contributed by atoms with Gasteiger partial charge in [-0.3, -0.25) is 4.79 Å². The minimum Gasteiger partial charge on any atom is -0.495 e. The molecule has 0 aliphatic heterocycles. The van der Waals surface area contributed by atoms with E-state index in [2.05, 4.69) is 10.6 Å². The monoisotopic (exact) mass is 398 g/mol. The number of hydrogen-bond donors (Lipinski definition) is 2. The molecule has 0 aliphatic rings. The van der Waals surface area contributed by atoms with Crippen LogP contribution in [0.1, 0.15) is 0 Å². The van der Waals surface area contributed by atoms with Crippen molar-refractivity contribution in [1.82, 2.24) is 0 Å². The van der Waals surface area contributed by atoms with Gasteiger partial charge in [-0.2, -0.15) is 0 Å². The molecule has 1 aromatic heterocycles. The van der Waals surface area contributed by atoms with E-state index in [4.69, 9.17) is 20.8 Å². The number of fused-ring (bicyclic) bond motifs is 3. The van der Waals surface area contributed by atoms with E-state index >= 15 is 0 Å². The SMILES string of the molecule is COc1cc2c(cc1NCC(=O)Nc1ccc(F)cc1Cl)oc1ccccc12. The Labute approximate surface area is 165 Å². The molecule has 0 atom stereocenters. The highest BCUT2D eigenvalue weighted by Gasteiger charge is 2.13. The molecule has 5 nitrogen and oxygen atoms in total. The largest absolute Gasteiger partial charge is 0.495 e. The van der Waals surface area contributed by atoms with Crippen molar-refractivity contribution in [2.75, 3.05) is 24.3 Å². The Balaban J connectivity index is 1.55. The van der Waals surface area contributed by atoms with Gasteiger partial charge < -0.3 is 19.8 Å². The fraction of sp³-hybridized carbons (Fsp3) is 0.0952. The number of benzene rings is 3. The molecule has 0 bridgehead atoms. The molecule has 3 aromatic carbocycles. The molecule has 0 radical (unpaired) electrons. The Morgan fingerprint density at radius 1 is 1.07 bits per heavy atom. The Bertz CT molecular complexity index is 1190. The van der Waals surface area contributed by atoms with Crippen molar-refractivity contribution in [2.45, 2.75) is 0 Å². The average Bonchev–Trinajstić information content (AvgIpc) is 3.05. The van der Waals surface area contributed by atoms with Gasteiger partial charge in [0.15, 0.2) is 0 Å². The number of hydrogen-bond acceptors (Lipinski definition) is 4. The van der Waals surface area contributed by atoms with Gasteiger partial charge in [0.2, 0.25) is 5.91 Å². The predicted octanol–water partition coefficient (Wildman–Crippen LogP) is 5.44. The minimum atomic E-state index is -0.468. The fourth-order valence-corrected chi connectivity index (χ4v) is 3.23. The summed E-state index contributed by atoms with van der Waals surface area (Å²) in [4.78, 5) is 12.2. The van der Waals surface area contributed by atoms with Gasteiger partial charge in [-0.05, 0) is 30.3 Å². The number of amides is 1.